The van der Waals surface area contributed by atoms with Gasteiger partial charge in [-0.25, -0.2) is 4.98 Å². The standard InChI is InChI=1S/C19H15NO5S/c1-14(21)15-5-11-18(12-6-15)26(22,23)25-17-9-7-16(8-10-17)24-19-4-2-3-13-20-19/h2-13H,1H3. The first-order chi connectivity index (χ1) is 12.4. The molecule has 0 radical (unpaired) electrons. The third-order valence-electron chi connectivity index (χ3n) is 3.44. The quantitative estimate of drug-likeness (QED) is 0.485. The molecule has 0 saturated heterocycles. The van der Waals surface area contributed by atoms with Crippen molar-refractivity contribution in [1.82, 2.24) is 4.98 Å². The third-order valence-corrected chi connectivity index (χ3v) is 4.70. The number of nitrogens with zero attached hydrogens (tertiary/aromatic N) is 1. The fourth-order valence-corrected chi connectivity index (χ4v) is 3.05. The molecule has 0 aliphatic heterocycles. The van der Waals surface area contributed by atoms with Gasteiger partial charge in [-0.2, -0.15) is 8.42 Å². The molecule has 0 atom stereocenters. The van der Waals surface area contributed by atoms with E-state index in [9.17, 15) is 13.2 Å². The topological polar surface area (TPSA) is 82.6 Å². The van der Waals surface area contributed by atoms with Crippen LogP contribution >= 0.6 is 0 Å². The Balaban J connectivity index is 1.72. The number of aromatic nitrogens is 1. The van der Waals surface area contributed by atoms with Crippen molar-refractivity contribution in [2.24, 2.45) is 0 Å². The first-order valence-electron chi connectivity index (χ1n) is 7.68. The third kappa shape index (κ3) is 4.25. The number of Topliss-reactive ketones (excluding diaryl/α,β-unsaturated/α-hetero) is 1. The summed E-state index contributed by atoms with van der Waals surface area (Å²) in [6.07, 6.45) is 1.61. The lowest BCUT2D eigenvalue weighted by molar-refractivity contribution is 0.101. The summed E-state index contributed by atoms with van der Waals surface area (Å²) in [6.45, 7) is 1.41. The fraction of sp³-hybridized carbons (Fsp3) is 0.0526. The molecular weight excluding hydrogens is 354 g/mol. The highest BCUT2D eigenvalue weighted by Gasteiger charge is 2.17. The SMILES string of the molecule is CC(=O)c1ccc(S(=O)(=O)Oc2ccc(Oc3ccccn3)cc2)cc1. The van der Waals surface area contributed by atoms with E-state index in [0.29, 0.717) is 17.2 Å². The van der Waals surface area contributed by atoms with E-state index in [4.69, 9.17) is 8.92 Å². The van der Waals surface area contributed by atoms with E-state index in [1.165, 1.54) is 43.3 Å². The molecule has 3 aromatic rings. The summed E-state index contributed by atoms with van der Waals surface area (Å²) in [5.41, 5.74) is 0.431. The van der Waals surface area contributed by atoms with Crippen LogP contribution in [0.1, 0.15) is 17.3 Å². The van der Waals surface area contributed by atoms with Crippen LogP contribution in [0.5, 0.6) is 17.4 Å². The van der Waals surface area contributed by atoms with E-state index >= 15 is 0 Å². The Morgan fingerprint density at radius 3 is 2.12 bits per heavy atom. The van der Waals surface area contributed by atoms with Crippen molar-refractivity contribution in [3.8, 4) is 17.4 Å². The zero-order valence-electron chi connectivity index (χ0n) is 13.8. The summed E-state index contributed by atoms with van der Waals surface area (Å²) < 4.78 is 35.3. The first-order valence-corrected chi connectivity index (χ1v) is 9.09. The summed E-state index contributed by atoms with van der Waals surface area (Å²) in [6, 6.07) is 17.0. The van der Waals surface area contributed by atoms with Crippen molar-refractivity contribution in [2.75, 3.05) is 0 Å². The predicted molar refractivity (Wildman–Crippen MR) is 95.0 cm³/mol. The molecule has 0 fully saturated rings. The van der Waals surface area contributed by atoms with Gasteiger partial charge in [0.25, 0.3) is 0 Å². The Labute approximate surface area is 151 Å². The van der Waals surface area contributed by atoms with Gasteiger partial charge < -0.3 is 8.92 Å². The lowest BCUT2D eigenvalue weighted by Gasteiger charge is -2.09. The molecule has 132 valence electrons. The Bertz CT molecular complexity index is 998. The largest absolute Gasteiger partial charge is 0.439 e. The lowest BCUT2D eigenvalue weighted by Crippen LogP contribution is -2.10. The molecule has 1 heterocycles. The number of hydrogen-bond donors (Lipinski definition) is 0. The normalized spacial score (nSPS) is 11.0. The number of hydrogen-bond acceptors (Lipinski definition) is 6. The number of benzene rings is 2. The molecule has 0 saturated carbocycles. The van der Waals surface area contributed by atoms with Gasteiger partial charge in [0, 0.05) is 17.8 Å². The van der Waals surface area contributed by atoms with Crippen LogP contribution in [-0.4, -0.2) is 19.2 Å². The number of carbonyl (C=O) groups is 1. The van der Waals surface area contributed by atoms with E-state index in [0.717, 1.165) is 0 Å². The second-order valence-corrected chi connectivity index (χ2v) is 6.91. The molecule has 0 unspecified atom stereocenters. The van der Waals surface area contributed by atoms with Crippen molar-refractivity contribution in [3.63, 3.8) is 0 Å². The number of rotatable bonds is 6. The molecule has 0 N–H and O–H groups in total. The van der Waals surface area contributed by atoms with Gasteiger partial charge in [0.05, 0.1) is 0 Å². The van der Waals surface area contributed by atoms with Gasteiger partial charge in [0.1, 0.15) is 16.4 Å². The molecule has 1 aromatic heterocycles. The zero-order valence-corrected chi connectivity index (χ0v) is 14.6. The summed E-state index contributed by atoms with van der Waals surface area (Å²) in [5.74, 6) is 0.936. The minimum atomic E-state index is -3.99. The Morgan fingerprint density at radius 2 is 1.54 bits per heavy atom. The Kier molecular flexibility index (Phi) is 4.99. The van der Waals surface area contributed by atoms with Crippen LogP contribution in [0.4, 0.5) is 0 Å². The van der Waals surface area contributed by atoms with E-state index in [1.807, 2.05) is 0 Å². The van der Waals surface area contributed by atoms with Crippen molar-refractivity contribution < 1.29 is 22.1 Å². The molecule has 26 heavy (non-hydrogen) atoms. The summed E-state index contributed by atoms with van der Waals surface area (Å²) in [5, 5.41) is 0. The highest BCUT2D eigenvalue weighted by atomic mass is 32.2. The average molecular weight is 369 g/mol. The number of pyridine rings is 1. The zero-order chi connectivity index (χ0) is 18.6. The van der Waals surface area contributed by atoms with E-state index in [2.05, 4.69) is 4.98 Å². The lowest BCUT2D eigenvalue weighted by atomic mass is 10.2. The van der Waals surface area contributed by atoms with Gasteiger partial charge in [-0.1, -0.05) is 18.2 Å². The molecule has 0 bridgehead atoms. The maximum atomic E-state index is 12.3. The molecule has 3 rings (SSSR count). The first kappa shape index (κ1) is 17.6. The summed E-state index contributed by atoms with van der Waals surface area (Å²) >= 11 is 0. The highest BCUT2D eigenvalue weighted by Crippen LogP contribution is 2.24. The number of ether oxygens (including phenoxy) is 1. The summed E-state index contributed by atoms with van der Waals surface area (Å²) in [4.78, 5) is 15.3. The van der Waals surface area contributed by atoms with E-state index in [-0.39, 0.29) is 16.4 Å². The molecule has 0 spiro atoms. The van der Waals surface area contributed by atoms with Gasteiger partial charge >= 0.3 is 10.1 Å². The molecule has 0 aliphatic rings. The monoisotopic (exact) mass is 369 g/mol. The Hall–Kier alpha value is -3.19. The maximum absolute atomic E-state index is 12.3. The smallest absolute Gasteiger partial charge is 0.339 e. The molecular formula is C19H15NO5S. The van der Waals surface area contributed by atoms with Crippen LogP contribution in [0, 0.1) is 0 Å². The fourth-order valence-electron chi connectivity index (χ4n) is 2.12. The van der Waals surface area contributed by atoms with E-state index in [1.54, 1.807) is 36.5 Å². The summed E-state index contributed by atoms with van der Waals surface area (Å²) in [7, 11) is -3.99. The minimum Gasteiger partial charge on any atom is -0.439 e. The van der Waals surface area contributed by atoms with Crippen molar-refractivity contribution in [1.29, 1.82) is 0 Å². The molecule has 0 aliphatic carbocycles. The van der Waals surface area contributed by atoms with Crippen LogP contribution in [-0.2, 0) is 10.1 Å². The van der Waals surface area contributed by atoms with Crippen molar-refractivity contribution >= 4 is 15.9 Å². The predicted octanol–water partition coefficient (Wildman–Crippen LogP) is 3.84. The highest BCUT2D eigenvalue weighted by molar-refractivity contribution is 7.87. The second-order valence-electron chi connectivity index (χ2n) is 5.36. The van der Waals surface area contributed by atoms with Crippen LogP contribution in [0.15, 0.2) is 77.8 Å². The van der Waals surface area contributed by atoms with Crippen LogP contribution in [0.2, 0.25) is 0 Å². The molecule has 7 heteroatoms. The van der Waals surface area contributed by atoms with Gasteiger partial charge in [-0.05, 0) is 49.4 Å². The average Bonchev–Trinajstić information content (AvgIpc) is 2.64. The van der Waals surface area contributed by atoms with Gasteiger partial charge in [0.2, 0.25) is 5.88 Å². The molecule has 2 aromatic carbocycles. The minimum absolute atomic E-state index is 0.0312. The number of carbonyl (C=O) groups excluding carboxylic acids is 1. The van der Waals surface area contributed by atoms with E-state index < -0.39 is 10.1 Å². The molecule has 6 nitrogen and oxygen atoms in total. The molecule has 0 amide bonds. The van der Waals surface area contributed by atoms with Crippen LogP contribution in [0.25, 0.3) is 0 Å². The number of ketones is 1. The van der Waals surface area contributed by atoms with Crippen LogP contribution < -0.4 is 8.92 Å². The Morgan fingerprint density at radius 1 is 0.885 bits per heavy atom. The second kappa shape index (κ2) is 7.37. The maximum Gasteiger partial charge on any atom is 0.339 e. The van der Waals surface area contributed by atoms with Crippen LogP contribution in [0.3, 0.4) is 0 Å². The van der Waals surface area contributed by atoms with Gasteiger partial charge in [0.15, 0.2) is 5.78 Å². The van der Waals surface area contributed by atoms with Crippen molar-refractivity contribution in [3.05, 3.63) is 78.5 Å². The van der Waals surface area contributed by atoms with Gasteiger partial charge in [-0.15, -0.1) is 0 Å². The van der Waals surface area contributed by atoms with Crippen molar-refractivity contribution in [2.45, 2.75) is 11.8 Å². The van der Waals surface area contributed by atoms with Gasteiger partial charge in [-0.3, -0.25) is 4.79 Å².